The summed E-state index contributed by atoms with van der Waals surface area (Å²) >= 11 is 0. The van der Waals surface area contributed by atoms with Crippen LogP contribution in [-0.4, -0.2) is 84.3 Å². The Morgan fingerprint density at radius 3 is 2.49 bits per heavy atom. The van der Waals surface area contributed by atoms with Gasteiger partial charge in [0.15, 0.2) is 21.6 Å². The molecule has 3 fully saturated rings. The van der Waals surface area contributed by atoms with Crippen molar-refractivity contribution in [2.24, 2.45) is 5.92 Å². The van der Waals surface area contributed by atoms with E-state index in [-0.39, 0.29) is 24.0 Å². The van der Waals surface area contributed by atoms with Gasteiger partial charge in [0, 0.05) is 31.4 Å². The first-order chi connectivity index (χ1) is 16.2. The van der Waals surface area contributed by atoms with Crippen LogP contribution in [0.3, 0.4) is 0 Å². The Bertz CT molecular complexity index is 1140. The van der Waals surface area contributed by atoms with Crippen molar-refractivity contribution in [2.45, 2.75) is 73.3 Å². The van der Waals surface area contributed by atoms with Gasteiger partial charge in [-0.05, 0) is 37.3 Å². The van der Waals surface area contributed by atoms with Crippen molar-refractivity contribution >= 4 is 10.1 Å². The summed E-state index contributed by atoms with van der Waals surface area (Å²) in [5.41, 5.74) is -4.53. The van der Waals surface area contributed by atoms with E-state index in [9.17, 15) is 23.4 Å². The van der Waals surface area contributed by atoms with Gasteiger partial charge in [0.25, 0.3) is 0 Å². The molecule has 1 spiro atoms. The Morgan fingerprint density at radius 1 is 1.26 bits per heavy atom. The molecule has 2 saturated carbocycles. The Morgan fingerprint density at radius 2 is 1.91 bits per heavy atom. The third-order valence-corrected chi connectivity index (χ3v) is 9.58. The van der Waals surface area contributed by atoms with Gasteiger partial charge in [-0.3, -0.25) is 0 Å². The number of aliphatic hydroxyl groups is 1. The molecule has 1 aromatic rings. The smallest absolute Gasteiger partial charge is 0.485 e. The highest BCUT2D eigenvalue weighted by Gasteiger charge is 2.76. The van der Waals surface area contributed by atoms with Gasteiger partial charge < -0.3 is 28.7 Å². The van der Waals surface area contributed by atoms with Crippen molar-refractivity contribution in [3.63, 3.8) is 0 Å². The lowest BCUT2D eigenvalue weighted by Gasteiger charge is -2.65. The van der Waals surface area contributed by atoms with E-state index in [4.69, 9.17) is 22.4 Å². The van der Waals surface area contributed by atoms with Crippen molar-refractivity contribution in [3.8, 4) is 11.5 Å². The third-order valence-electron chi connectivity index (χ3n) is 9.01. The first-order valence-corrected chi connectivity index (χ1v) is 13.2. The number of phenolic OH excluding ortho intramolecular Hbond substituents is 1. The van der Waals surface area contributed by atoms with Gasteiger partial charge in [-0.25, -0.2) is 8.42 Å². The maximum absolute atomic E-state index is 12.4. The SMILES string of the molecule is CO[C@H]1CC[C@@]2(O)[C@H]3Cc4ccc(O)c5c4[C@@]2(CC[N+]3(C)CC2CC2)[C@H]1O5.O=S(=O)([O-])C(F)(F)F. The van der Waals surface area contributed by atoms with Crippen LogP contribution in [-0.2, 0) is 26.7 Å². The third kappa shape index (κ3) is 3.51. The zero-order valence-electron chi connectivity index (χ0n) is 19.5. The number of likely N-dealkylation sites (tertiary alicyclic amines) is 1. The van der Waals surface area contributed by atoms with Gasteiger partial charge in [0.2, 0.25) is 0 Å². The van der Waals surface area contributed by atoms with Gasteiger partial charge in [-0.2, -0.15) is 13.2 Å². The fourth-order valence-corrected chi connectivity index (χ4v) is 7.35. The number of aromatic hydroxyl groups is 1. The van der Waals surface area contributed by atoms with Crippen LogP contribution in [0, 0.1) is 5.92 Å². The number of methoxy groups -OCH3 is 1. The topological polar surface area (TPSA) is 116 Å². The average Bonchev–Trinajstić information content (AvgIpc) is 3.48. The van der Waals surface area contributed by atoms with Crippen molar-refractivity contribution in [3.05, 3.63) is 23.3 Å². The molecule has 2 heterocycles. The Hall–Kier alpha value is -1.60. The largest absolute Gasteiger partial charge is 0.741 e. The van der Waals surface area contributed by atoms with Gasteiger partial charge >= 0.3 is 5.51 Å². The fraction of sp³-hybridized carbons (Fsp3) is 0.739. The van der Waals surface area contributed by atoms with Crippen molar-refractivity contribution in [1.29, 1.82) is 0 Å². The minimum absolute atomic E-state index is 0.0380. The van der Waals surface area contributed by atoms with Gasteiger partial charge in [-0.1, -0.05) is 6.07 Å². The number of quaternary nitrogens is 1. The van der Waals surface area contributed by atoms with E-state index in [1.807, 2.05) is 0 Å². The number of nitrogens with zero attached hydrogens (tertiary/aromatic N) is 1. The number of likely N-dealkylation sites (N-methyl/N-ethyl adjacent to an activating group) is 1. The number of hydrogen-bond donors (Lipinski definition) is 2. The maximum atomic E-state index is 12.4. The van der Waals surface area contributed by atoms with Crippen molar-refractivity contribution < 1.29 is 50.3 Å². The molecule has 35 heavy (non-hydrogen) atoms. The summed E-state index contributed by atoms with van der Waals surface area (Å²) < 4.78 is 72.1. The first kappa shape index (κ1) is 25.1. The van der Waals surface area contributed by atoms with Crippen LogP contribution >= 0.6 is 0 Å². The molecular formula is C23H30F3NO7S. The van der Waals surface area contributed by atoms with Crippen LogP contribution in [0.1, 0.15) is 43.2 Å². The summed E-state index contributed by atoms with van der Waals surface area (Å²) in [6.45, 7) is 2.25. The van der Waals surface area contributed by atoms with E-state index in [0.717, 1.165) is 48.2 Å². The molecule has 2 N–H and O–H groups in total. The molecule has 6 atom stereocenters. The van der Waals surface area contributed by atoms with E-state index in [1.54, 1.807) is 13.2 Å². The minimum atomic E-state index is -6.09. The van der Waals surface area contributed by atoms with Crippen LogP contribution in [0.5, 0.6) is 11.5 Å². The second kappa shape index (κ2) is 7.70. The quantitative estimate of drug-likeness (QED) is 0.356. The molecule has 12 heteroatoms. The summed E-state index contributed by atoms with van der Waals surface area (Å²) in [7, 11) is -1.98. The summed E-state index contributed by atoms with van der Waals surface area (Å²) in [4.78, 5) is 0. The van der Waals surface area contributed by atoms with E-state index >= 15 is 0 Å². The van der Waals surface area contributed by atoms with E-state index in [0.29, 0.717) is 5.75 Å². The zero-order chi connectivity index (χ0) is 25.6. The Labute approximate surface area is 202 Å². The summed E-state index contributed by atoms with van der Waals surface area (Å²) in [6, 6.07) is 4.03. The molecule has 2 aliphatic heterocycles. The molecule has 6 rings (SSSR count). The Kier molecular flexibility index (Phi) is 5.52. The monoisotopic (exact) mass is 521 g/mol. The molecular weight excluding hydrogens is 491 g/mol. The number of alkyl halides is 3. The molecule has 0 amide bonds. The number of benzene rings is 1. The van der Waals surface area contributed by atoms with Gasteiger partial charge in [0.1, 0.15) is 17.7 Å². The number of phenols is 1. The van der Waals surface area contributed by atoms with Crippen LogP contribution < -0.4 is 4.74 Å². The number of halogens is 3. The molecule has 8 nitrogen and oxygen atoms in total. The van der Waals surface area contributed by atoms with Crippen molar-refractivity contribution in [1.82, 2.24) is 0 Å². The van der Waals surface area contributed by atoms with Crippen LogP contribution in [0.2, 0.25) is 0 Å². The molecule has 1 unspecified atom stereocenters. The number of piperidine rings is 1. The van der Waals surface area contributed by atoms with Gasteiger partial charge in [-0.15, -0.1) is 0 Å². The van der Waals surface area contributed by atoms with Crippen molar-refractivity contribution in [2.75, 3.05) is 27.2 Å². The van der Waals surface area contributed by atoms with Crippen LogP contribution in [0.25, 0.3) is 0 Å². The Balaban J connectivity index is 0.000000277. The highest BCUT2D eigenvalue weighted by molar-refractivity contribution is 7.86. The standard InChI is InChI=1S/C22H29NO4.CHF3O3S/c1-23(12-13-3-4-13)10-9-21-18-14-5-6-15(24)19(18)27-20(21)16(26-2)7-8-22(21,25)17(23)11-14;2-1(3,4)8(5,6)7/h5-6,13,16-17,20,25H,3-4,7-12H2,1-2H3;(H,5,6,7)/t16-,17+,20-,21-,22+,23?;/m0./s1. The molecule has 1 aromatic carbocycles. The molecule has 196 valence electrons. The molecule has 1 saturated heterocycles. The second-order valence-corrected chi connectivity index (χ2v) is 12.3. The zero-order valence-corrected chi connectivity index (χ0v) is 20.4. The summed E-state index contributed by atoms with van der Waals surface area (Å²) in [6.07, 6.45) is 5.78. The minimum Gasteiger partial charge on any atom is -0.741 e. The lowest BCUT2D eigenvalue weighted by molar-refractivity contribution is -0.950. The second-order valence-electron chi connectivity index (χ2n) is 10.9. The highest BCUT2D eigenvalue weighted by Crippen LogP contribution is 2.66. The lowest BCUT2D eigenvalue weighted by Crippen LogP contribution is -2.81. The molecule has 2 bridgehead atoms. The maximum Gasteiger partial charge on any atom is 0.485 e. The lowest BCUT2D eigenvalue weighted by atomic mass is 9.48. The number of ether oxygens (including phenoxy) is 2. The summed E-state index contributed by atoms with van der Waals surface area (Å²) in [5, 5.41) is 22.9. The molecule has 0 aromatic heterocycles. The van der Waals surface area contributed by atoms with E-state index in [2.05, 4.69) is 13.1 Å². The normalized spacial score (nSPS) is 39.2. The van der Waals surface area contributed by atoms with E-state index in [1.165, 1.54) is 24.9 Å². The van der Waals surface area contributed by atoms with E-state index < -0.39 is 26.6 Å². The first-order valence-electron chi connectivity index (χ1n) is 11.8. The predicted molar refractivity (Wildman–Crippen MR) is 116 cm³/mol. The highest BCUT2D eigenvalue weighted by atomic mass is 32.2. The summed E-state index contributed by atoms with van der Waals surface area (Å²) in [5.74, 6) is 1.64. The molecule has 5 aliphatic rings. The number of rotatable bonds is 3. The predicted octanol–water partition coefficient (Wildman–Crippen LogP) is 2.17. The fourth-order valence-electron chi connectivity index (χ4n) is 7.35. The van der Waals surface area contributed by atoms with Crippen LogP contribution in [0.15, 0.2) is 12.1 Å². The van der Waals surface area contributed by atoms with Gasteiger partial charge in [0.05, 0.1) is 31.7 Å². The number of hydrogen-bond acceptors (Lipinski definition) is 7. The average molecular weight is 522 g/mol. The molecule has 0 radical (unpaired) electrons. The van der Waals surface area contributed by atoms with Crippen LogP contribution in [0.4, 0.5) is 13.2 Å². The molecule has 3 aliphatic carbocycles.